The highest BCUT2D eigenvalue weighted by molar-refractivity contribution is 6.14. The summed E-state index contributed by atoms with van der Waals surface area (Å²) in [5.74, 6) is 0.739. The van der Waals surface area contributed by atoms with Crippen LogP contribution in [-0.4, -0.2) is 52.9 Å². The van der Waals surface area contributed by atoms with E-state index in [0.29, 0.717) is 30.0 Å². The van der Waals surface area contributed by atoms with Gasteiger partial charge in [0.1, 0.15) is 17.3 Å². The first-order chi connectivity index (χ1) is 17.0. The molecule has 0 spiro atoms. The fourth-order valence-corrected chi connectivity index (χ4v) is 4.79. The van der Waals surface area contributed by atoms with Crippen molar-refractivity contribution in [3.63, 3.8) is 0 Å². The van der Waals surface area contributed by atoms with Gasteiger partial charge in [0.25, 0.3) is 0 Å². The van der Waals surface area contributed by atoms with Crippen LogP contribution >= 0.6 is 0 Å². The van der Waals surface area contributed by atoms with Crippen LogP contribution in [0, 0.1) is 18.2 Å². The summed E-state index contributed by atoms with van der Waals surface area (Å²) in [5, 5.41) is 14.9. The molecular weight excluding hydrogens is 443 g/mol. The molecule has 4 rings (SSSR count). The summed E-state index contributed by atoms with van der Waals surface area (Å²) in [6.07, 6.45) is 7.22. The van der Waals surface area contributed by atoms with Crippen molar-refractivity contribution in [2.45, 2.75) is 45.2 Å². The summed E-state index contributed by atoms with van der Waals surface area (Å²) in [7, 11) is 0. The van der Waals surface area contributed by atoms with Crippen molar-refractivity contribution < 1.29 is 13.9 Å². The molecule has 6 nitrogen and oxygen atoms in total. The van der Waals surface area contributed by atoms with Crippen LogP contribution in [0.3, 0.4) is 0 Å². The van der Waals surface area contributed by atoms with Gasteiger partial charge in [-0.2, -0.15) is 5.10 Å². The van der Waals surface area contributed by atoms with Crippen molar-refractivity contribution in [3.8, 4) is 11.5 Å². The quantitative estimate of drug-likeness (QED) is 0.427. The number of carbonyl (C=O) groups is 1. The van der Waals surface area contributed by atoms with Crippen LogP contribution in [0.4, 0.5) is 4.39 Å². The normalized spacial score (nSPS) is 21.1. The second-order valence-electron chi connectivity index (χ2n) is 8.80. The lowest BCUT2D eigenvalue weighted by molar-refractivity contribution is -0.128. The molecule has 182 valence electrons. The number of likely N-dealkylation sites (tertiary alicyclic amines) is 1. The third-order valence-corrected chi connectivity index (χ3v) is 6.65. The minimum Gasteiger partial charge on any atom is -0.457 e. The van der Waals surface area contributed by atoms with E-state index in [1.54, 1.807) is 19.1 Å². The number of benzene rings is 2. The zero-order valence-corrected chi connectivity index (χ0v) is 20.2. The molecule has 0 bridgehead atoms. The SMILES string of the molecule is C=CC(=O)N1CCC[C@@H](N2N=C(c3ccc(Oc4cccc(F)c4C)cc3)/C(=C/C)C2CC=N)C1. The number of nitrogens with zero attached hydrogens (tertiary/aromatic N) is 3. The Balaban J connectivity index is 1.60. The average molecular weight is 475 g/mol. The molecule has 2 heterocycles. The Morgan fingerprint density at radius 3 is 2.74 bits per heavy atom. The van der Waals surface area contributed by atoms with Gasteiger partial charge in [-0.05, 0) is 75.4 Å². The lowest BCUT2D eigenvalue weighted by Gasteiger charge is -2.39. The lowest BCUT2D eigenvalue weighted by atomic mass is 9.94. The number of allylic oxidation sites excluding steroid dienone is 1. The van der Waals surface area contributed by atoms with Gasteiger partial charge >= 0.3 is 0 Å². The van der Waals surface area contributed by atoms with Crippen LogP contribution in [0.5, 0.6) is 11.5 Å². The summed E-state index contributed by atoms with van der Waals surface area (Å²) in [5.41, 5.74) is 3.33. The Labute approximate surface area is 205 Å². The maximum atomic E-state index is 13.9. The van der Waals surface area contributed by atoms with Crippen molar-refractivity contribution in [1.29, 1.82) is 5.41 Å². The molecule has 2 aromatic carbocycles. The Morgan fingerprint density at radius 2 is 2.06 bits per heavy atom. The molecule has 1 unspecified atom stereocenters. The average Bonchev–Trinajstić information content (AvgIpc) is 3.25. The monoisotopic (exact) mass is 474 g/mol. The van der Waals surface area contributed by atoms with Gasteiger partial charge in [-0.15, -0.1) is 0 Å². The fourth-order valence-electron chi connectivity index (χ4n) is 4.79. The van der Waals surface area contributed by atoms with E-state index < -0.39 is 0 Å². The Morgan fingerprint density at radius 1 is 1.29 bits per heavy atom. The number of ether oxygens (including phenoxy) is 1. The van der Waals surface area contributed by atoms with Gasteiger partial charge in [0.05, 0.1) is 17.8 Å². The molecular formula is C28H31FN4O2. The van der Waals surface area contributed by atoms with E-state index in [4.69, 9.17) is 15.2 Å². The van der Waals surface area contributed by atoms with Gasteiger partial charge in [-0.3, -0.25) is 9.80 Å². The van der Waals surface area contributed by atoms with Crippen molar-refractivity contribution in [2.75, 3.05) is 13.1 Å². The Bertz CT molecular complexity index is 1170. The molecule has 0 saturated carbocycles. The Kier molecular flexibility index (Phi) is 7.44. The molecule has 2 atom stereocenters. The number of piperidine rings is 1. The fraction of sp³-hybridized carbons (Fsp3) is 0.321. The van der Waals surface area contributed by atoms with E-state index in [2.05, 4.69) is 17.7 Å². The predicted molar refractivity (Wildman–Crippen MR) is 137 cm³/mol. The van der Waals surface area contributed by atoms with Crippen LogP contribution in [0.15, 0.2) is 71.9 Å². The predicted octanol–water partition coefficient (Wildman–Crippen LogP) is 5.48. The number of rotatable bonds is 7. The second-order valence-corrected chi connectivity index (χ2v) is 8.80. The van der Waals surface area contributed by atoms with Gasteiger partial charge < -0.3 is 15.0 Å². The van der Waals surface area contributed by atoms with Crippen LogP contribution in [0.25, 0.3) is 0 Å². The maximum absolute atomic E-state index is 13.9. The van der Waals surface area contributed by atoms with Crippen molar-refractivity contribution in [2.24, 2.45) is 5.10 Å². The number of halogens is 1. The largest absolute Gasteiger partial charge is 0.457 e. The summed E-state index contributed by atoms with van der Waals surface area (Å²) in [6.45, 7) is 8.62. The summed E-state index contributed by atoms with van der Waals surface area (Å²) >= 11 is 0. The minimum atomic E-state index is -0.300. The number of carbonyl (C=O) groups excluding carboxylic acids is 1. The second kappa shape index (κ2) is 10.7. The molecule has 2 aromatic rings. The third-order valence-electron chi connectivity index (χ3n) is 6.65. The number of nitrogens with one attached hydrogen (secondary N) is 1. The third kappa shape index (κ3) is 5.04. The van der Waals surface area contributed by atoms with Crippen LogP contribution < -0.4 is 4.74 Å². The number of hydrazone groups is 1. The van der Waals surface area contributed by atoms with Crippen molar-refractivity contribution in [3.05, 3.63) is 83.7 Å². The molecule has 1 amide bonds. The molecule has 35 heavy (non-hydrogen) atoms. The van der Waals surface area contributed by atoms with E-state index >= 15 is 0 Å². The number of hydrogen-bond donors (Lipinski definition) is 1. The maximum Gasteiger partial charge on any atom is 0.246 e. The molecule has 1 saturated heterocycles. The van der Waals surface area contributed by atoms with E-state index in [1.165, 1.54) is 18.4 Å². The van der Waals surface area contributed by atoms with Gasteiger partial charge in [-0.25, -0.2) is 4.39 Å². The molecule has 0 aliphatic carbocycles. The van der Waals surface area contributed by atoms with Crippen LogP contribution in [0.2, 0.25) is 0 Å². The molecule has 1 N–H and O–H groups in total. The highest BCUT2D eigenvalue weighted by Gasteiger charge is 2.37. The smallest absolute Gasteiger partial charge is 0.246 e. The van der Waals surface area contributed by atoms with Gasteiger partial charge in [0.15, 0.2) is 0 Å². The topological polar surface area (TPSA) is 69.0 Å². The minimum absolute atomic E-state index is 0.0536. The molecule has 2 aliphatic heterocycles. The van der Waals surface area contributed by atoms with E-state index in [0.717, 1.165) is 36.2 Å². The molecule has 0 aromatic heterocycles. The first-order valence-corrected chi connectivity index (χ1v) is 11.9. The van der Waals surface area contributed by atoms with Gasteiger partial charge in [0.2, 0.25) is 5.91 Å². The van der Waals surface area contributed by atoms with E-state index in [-0.39, 0.29) is 23.8 Å². The van der Waals surface area contributed by atoms with Gasteiger partial charge in [-0.1, -0.05) is 18.7 Å². The van der Waals surface area contributed by atoms with Crippen molar-refractivity contribution in [1.82, 2.24) is 9.91 Å². The first kappa shape index (κ1) is 24.4. The zero-order chi connectivity index (χ0) is 24.9. The molecule has 0 radical (unpaired) electrons. The first-order valence-electron chi connectivity index (χ1n) is 11.9. The standard InChI is InChI=1S/C28H31FN4O2/c1-4-23-25(15-16-30)33(21-8-7-17-32(18-21)27(34)5-2)31-28(23)20-11-13-22(14-12-20)35-26-10-6-9-24(29)19(26)3/h4-6,9-14,16,21,25,30H,2,7-8,15,17-18H2,1,3H3/b23-4+,30-16?/t21-,25?/m1/s1. The molecule has 7 heteroatoms. The summed E-state index contributed by atoms with van der Waals surface area (Å²) < 4.78 is 19.8. The number of amides is 1. The Hall–Kier alpha value is -3.74. The highest BCUT2D eigenvalue weighted by atomic mass is 19.1. The number of hydrogen-bond acceptors (Lipinski definition) is 5. The van der Waals surface area contributed by atoms with E-state index in [1.807, 2.05) is 36.1 Å². The summed E-state index contributed by atoms with van der Waals surface area (Å²) in [4.78, 5) is 14.0. The highest BCUT2D eigenvalue weighted by Crippen LogP contribution is 2.33. The molecule has 1 fully saturated rings. The lowest BCUT2D eigenvalue weighted by Crippen LogP contribution is -2.49. The van der Waals surface area contributed by atoms with Crippen LogP contribution in [-0.2, 0) is 4.79 Å². The van der Waals surface area contributed by atoms with E-state index in [9.17, 15) is 9.18 Å². The van der Waals surface area contributed by atoms with Gasteiger partial charge in [0, 0.05) is 36.2 Å². The van der Waals surface area contributed by atoms with Crippen molar-refractivity contribution >= 4 is 17.8 Å². The van der Waals surface area contributed by atoms with Crippen LogP contribution in [0.1, 0.15) is 37.3 Å². The summed E-state index contributed by atoms with van der Waals surface area (Å²) in [6, 6.07) is 12.4. The zero-order valence-electron chi connectivity index (χ0n) is 20.2. The molecule has 2 aliphatic rings.